The highest BCUT2D eigenvalue weighted by atomic mass is 16.2. The average Bonchev–Trinajstić information content (AvgIpc) is 2.43. The summed E-state index contributed by atoms with van der Waals surface area (Å²) in [6.45, 7) is 6.16. The average molecular weight is 222 g/mol. The Morgan fingerprint density at radius 3 is 2.56 bits per heavy atom. The van der Waals surface area contributed by atoms with Crippen molar-refractivity contribution in [3.8, 4) is 6.07 Å². The number of nitrogens with zero attached hydrogens (tertiary/aromatic N) is 2. The van der Waals surface area contributed by atoms with E-state index in [2.05, 4.69) is 0 Å². The number of rotatable bonds is 4. The van der Waals surface area contributed by atoms with E-state index >= 15 is 0 Å². The number of carbonyl (C=O) groups is 2. The van der Waals surface area contributed by atoms with Crippen molar-refractivity contribution in [2.75, 3.05) is 6.54 Å². The van der Waals surface area contributed by atoms with Crippen molar-refractivity contribution >= 4 is 11.8 Å². The van der Waals surface area contributed by atoms with Crippen LogP contribution in [0.5, 0.6) is 0 Å². The van der Waals surface area contributed by atoms with Crippen molar-refractivity contribution in [2.24, 2.45) is 11.3 Å². The number of nitriles is 1. The summed E-state index contributed by atoms with van der Waals surface area (Å²) >= 11 is 0. The number of carbonyl (C=O) groups excluding carboxylic acids is 2. The second-order valence-electron chi connectivity index (χ2n) is 4.86. The van der Waals surface area contributed by atoms with Crippen LogP contribution in [0.1, 0.15) is 40.0 Å². The number of imide groups is 1. The molecule has 1 aliphatic heterocycles. The number of likely N-dealkylation sites (tertiary alicyclic amines) is 1. The minimum absolute atomic E-state index is 0.0783. The highest BCUT2D eigenvalue weighted by Crippen LogP contribution is 2.39. The SMILES string of the molecule is CC(C)C1(C)CC(=O)N(CCCC#N)C1=O. The van der Waals surface area contributed by atoms with Crippen LogP contribution in [-0.2, 0) is 9.59 Å². The highest BCUT2D eigenvalue weighted by Gasteiger charge is 2.49. The fraction of sp³-hybridized carbons (Fsp3) is 0.750. The predicted octanol–water partition coefficient (Wildman–Crippen LogP) is 1.71. The predicted molar refractivity (Wildman–Crippen MR) is 59.1 cm³/mol. The lowest BCUT2D eigenvalue weighted by molar-refractivity contribution is -0.142. The first kappa shape index (κ1) is 12.7. The Labute approximate surface area is 96.2 Å². The van der Waals surface area contributed by atoms with Gasteiger partial charge in [0.2, 0.25) is 11.8 Å². The van der Waals surface area contributed by atoms with E-state index in [-0.39, 0.29) is 17.7 Å². The molecule has 16 heavy (non-hydrogen) atoms. The number of hydrogen-bond acceptors (Lipinski definition) is 3. The molecule has 0 aromatic carbocycles. The van der Waals surface area contributed by atoms with Crippen LogP contribution >= 0.6 is 0 Å². The Morgan fingerprint density at radius 2 is 2.12 bits per heavy atom. The molecule has 88 valence electrons. The lowest BCUT2D eigenvalue weighted by Crippen LogP contribution is -2.37. The van der Waals surface area contributed by atoms with Gasteiger partial charge in [-0.1, -0.05) is 13.8 Å². The summed E-state index contributed by atoms with van der Waals surface area (Å²) in [7, 11) is 0. The largest absolute Gasteiger partial charge is 0.282 e. The van der Waals surface area contributed by atoms with Gasteiger partial charge in [0.15, 0.2) is 0 Å². The molecular formula is C12H18N2O2. The van der Waals surface area contributed by atoms with Gasteiger partial charge >= 0.3 is 0 Å². The zero-order valence-corrected chi connectivity index (χ0v) is 10.1. The summed E-state index contributed by atoms with van der Waals surface area (Å²) < 4.78 is 0. The van der Waals surface area contributed by atoms with Crippen molar-refractivity contribution in [3.63, 3.8) is 0 Å². The van der Waals surface area contributed by atoms with Gasteiger partial charge in [0.25, 0.3) is 0 Å². The van der Waals surface area contributed by atoms with E-state index in [1.54, 1.807) is 0 Å². The summed E-state index contributed by atoms with van der Waals surface area (Å²) in [6, 6.07) is 2.02. The maximum atomic E-state index is 12.1. The molecule has 0 saturated carbocycles. The molecule has 0 spiro atoms. The molecule has 1 atom stereocenters. The molecule has 1 rings (SSSR count). The molecular weight excluding hydrogens is 204 g/mol. The van der Waals surface area contributed by atoms with Gasteiger partial charge < -0.3 is 0 Å². The molecule has 1 fully saturated rings. The van der Waals surface area contributed by atoms with Gasteiger partial charge in [-0.2, -0.15) is 5.26 Å². The summed E-state index contributed by atoms with van der Waals surface area (Å²) in [6.07, 6.45) is 1.26. The Kier molecular flexibility index (Phi) is 3.69. The van der Waals surface area contributed by atoms with E-state index in [9.17, 15) is 9.59 Å². The first-order chi connectivity index (χ1) is 7.43. The molecule has 0 N–H and O–H groups in total. The summed E-state index contributed by atoms with van der Waals surface area (Å²) in [5.74, 6) is -0.0190. The molecule has 0 aromatic rings. The quantitative estimate of drug-likeness (QED) is 0.537. The van der Waals surface area contributed by atoms with E-state index in [4.69, 9.17) is 5.26 Å². The molecule has 0 aromatic heterocycles. The molecule has 1 saturated heterocycles. The van der Waals surface area contributed by atoms with Gasteiger partial charge in [-0.25, -0.2) is 0 Å². The summed E-state index contributed by atoms with van der Waals surface area (Å²) in [5, 5.41) is 8.42. The number of amides is 2. The standard InChI is InChI=1S/C12H18N2O2/c1-9(2)12(3)8-10(15)14(11(12)16)7-5-4-6-13/h9H,4-5,7-8H2,1-3H3. The van der Waals surface area contributed by atoms with E-state index in [0.29, 0.717) is 25.8 Å². The van der Waals surface area contributed by atoms with Gasteiger partial charge in [-0.05, 0) is 19.3 Å². The fourth-order valence-corrected chi connectivity index (χ4v) is 1.90. The second-order valence-corrected chi connectivity index (χ2v) is 4.86. The monoisotopic (exact) mass is 222 g/mol. The van der Waals surface area contributed by atoms with Gasteiger partial charge in [0.05, 0.1) is 11.5 Å². The number of unbranched alkanes of at least 4 members (excludes halogenated alkanes) is 1. The molecule has 4 heteroatoms. The molecule has 1 aliphatic rings. The Bertz CT molecular complexity index is 343. The minimum Gasteiger partial charge on any atom is -0.282 e. The van der Waals surface area contributed by atoms with Gasteiger partial charge in [-0.3, -0.25) is 14.5 Å². The third-order valence-electron chi connectivity index (χ3n) is 3.50. The molecule has 0 radical (unpaired) electrons. The lowest BCUT2D eigenvalue weighted by atomic mass is 9.78. The fourth-order valence-electron chi connectivity index (χ4n) is 1.90. The van der Waals surface area contributed by atoms with E-state index in [0.717, 1.165) is 0 Å². The molecule has 4 nitrogen and oxygen atoms in total. The van der Waals surface area contributed by atoms with Crippen LogP contribution in [0.3, 0.4) is 0 Å². The van der Waals surface area contributed by atoms with Crippen molar-refractivity contribution in [1.29, 1.82) is 5.26 Å². The van der Waals surface area contributed by atoms with Crippen molar-refractivity contribution in [1.82, 2.24) is 4.90 Å². The van der Waals surface area contributed by atoms with E-state index < -0.39 is 5.41 Å². The van der Waals surface area contributed by atoms with Gasteiger partial charge in [0.1, 0.15) is 0 Å². The van der Waals surface area contributed by atoms with E-state index in [1.807, 2.05) is 26.8 Å². The normalized spacial score (nSPS) is 25.3. The lowest BCUT2D eigenvalue weighted by Gasteiger charge is -2.25. The Balaban J connectivity index is 2.72. The van der Waals surface area contributed by atoms with Crippen molar-refractivity contribution in [3.05, 3.63) is 0 Å². The third kappa shape index (κ3) is 2.08. The van der Waals surface area contributed by atoms with Crippen LogP contribution in [0.4, 0.5) is 0 Å². The van der Waals surface area contributed by atoms with Crippen molar-refractivity contribution in [2.45, 2.75) is 40.0 Å². The Morgan fingerprint density at radius 1 is 1.50 bits per heavy atom. The van der Waals surface area contributed by atoms with Crippen LogP contribution in [0.2, 0.25) is 0 Å². The maximum absolute atomic E-state index is 12.1. The zero-order valence-electron chi connectivity index (χ0n) is 10.1. The maximum Gasteiger partial charge on any atom is 0.235 e. The van der Waals surface area contributed by atoms with Crippen LogP contribution < -0.4 is 0 Å². The van der Waals surface area contributed by atoms with E-state index in [1.165, 1.54) is 4.90 Å². The third-order valence-corrected chi connectivity index (χ3v) is 3.50. The molecule has 2 amide bonds. The topological polar surface area (TPSA) is 61.2 Å². The van der Waals surface area contributed by atoms with Crippen LogP contribution in [0, 0.1) is 22.7 Å². The van der Waals surface area contributed by atoms with Gasteiger partial charge in [-0.15, -0.1) is 0 Å². The first-order valence-corrected chi connectivity index (χ1v) is 5.65. The molecule has 0 bridgehead atoms. The Hall–Kier alpha value is -1.37. The number of hydrogen-bond donors (Lipinski definition) is 0. The van der Waals surface area contributed by atoms with Crippen LogP contribution in [-0.4, -0.2) is 23.3 Å². The highest BCUT2D eigenvalue weighted by molar-refractivity contribution is 6.05. The van der Waals surface area contributed by atoms with Crippen molar-refractivity contribution < 1.29 is 9.59 Å². The second kappa shape index (κ2) is 4.65. The van der Waals surface area contributed by atoms with Crippen LogP contribution in [0.15, 0.2) is 0 Å². The summed E-state index contributed by atoms with van der Waals surface area (Å²) in [4.78, 5) is 25.1. The molecule has 1 heterocycles. The smallest absolute Gasteiger partial charge is 0.235 e. The molecule has 1 unspecified atom stereocenters. The van der Waals surface area contributed by atoms with Gasteiger partial charge in [0, 0.05) is 19.4 Å². The zero-order chi connectivity index (χ0) is 12.3. The minimum atomic E-state index is -0.552. The molecule has 0 aliphatic carbocycles. The summed E-state index contributed by atoms with van der Waals surface area (Å²) in [5.41, 5.74) is -0.552. The first-order valence-electron chi connectivity index (χ1n) is 5.65. The van der Waals surface area contributed by atoms with Crippen LogP contribution in [0.25, 0.3) is 0 Å².